The first-order chi connectivity index (χ1) is 10.1. The Morgan fingerprint density at radius 1 is 1.24 bits per heavy atom. The monoisotopic (exact) mass is 288 g/mol. The van der Waals surface area contributed by atoms with E-state index in [1.807, 2.05) is 0 Å². The Morgan fingerprint density at radius 2 is 1.95 bits per heavy atom. The zero-order valence-electron chi connectivity index (χ0n) is 11.7. The van der Waals surface area contributed by atoms with Gasteiger partial charge >= 0.3 is 0 Å². The molecule has 4 nitrogen and oxygen atoms in total. The van der Waals surface area contributed by atoms with E-state index in [2.05, 4.69) is 5.32 Å². The molecular weight excluding hydrogens is 271 g/mol. The molecule has 2 aromatic rings. The molecule has 0 radical (unpaired) electrons. The second-order valence-electron chi connectivity index (χ2n) is 4.54. The van der Waals surface area contributed by atoms with Crippen molar-refractivity contribution in [3.8, 4) is 5.75 Å². The zero-order valence-corrected chi connectivity index (χ0v) is 11.7. The molecule has 0 fully saturated rings. The second-order valence-corrected chi connectivity index (χ2v) is 4.54. The van der Waals surface area contributed by atoms with E-state index in [4.69, 9.17) is 10.5 Å². The third-order valence-electron chi connectivity index (χ3n) is 2.86. The van der Waals surface area contributed by atoms with Crippen LogP contribution < -0.4 is 15.8 Å². The van der Waals surface area contributed by atoms with Crippen molar-refractivity contribution in [2.75, 3.05) is 17.7 Å². The number of benzene rings is 2. The van der Waals surface area contributed by atoms with E-state index in [1.165, 1.54) is 12.1 Å². The Morgan fingerprint density at radius 3 is 2.57 bits per heavy atom. The summed E-state index contributed by atoms with van der Waals surface area (Å²) in [7, 11) is 0. The molecule has 0 aliphatic heterocycles. The van der Waals surface area contributed by atoms with E-state index < -0.39 is 5.82 Å². The number of carbonyl (C=O) groups excluding carboxylic acids is 1. The summed E-state index contributed by atoms with van der Waals surface area (Å²) in [5.41, 5.74) is 7.47. The maximum absolute atomic E-state index is 13.7. The average Bonchev–Trinajstić information content (AvgIpc) is 2.44. The van der Waals surface area contributed by atoms with Crippen molar-refractivity contribution in [1.82, 2.24) is 0 Å². The number of hydrogen-bond acceptors (Lipinski definition) is 3. The first kappa shape index (κ1) is 14.8. The highest BCUT2D eigenvalue weighted by molar-refractivity contribution is 5.92. The molecule has 0 bridgehead atoms. The molecule has 0 aromatic heterocycles. The number of hydrogen-bond donors (Lipinski definition) is 2. The molecule has 0 heterocycles. The quantitative estimate of drug-likeness (QED) is 0.831. The molecule has 0 saturated carbocycles. The van der Waals surface area contributed by atoms with Crippen LogP contribution in [0.15, 0.2) is 42.5 Å². The zero-order chi connectivity index (χ0) is 15.2. The minimum absolute atomic E-state index is 0.175. The summed E-state index contributed by atoms with van der Waals surface area (Å²) in [5, 5.41) is 2.65. The number of ether oxygens (including phenoxy) is 1. The van der Waals surface area contributed by atoms with Gasteiger partial charge in [-0.1, -0.05) is 12.1 Å². The van der Waals surface area contributed by atoms with E-state index in [0.717, 1.165) is 5.56 Å². The lowest BCUT2D eigenvalue weighted by atomic mass is 10.1. The van der Waals surface area contributed by atoms with Gasteiger partial charge in [0.25, 0.3) is 0 Å². The summed E-state index contributed by atoms with van der Waals surface area (Å²) >= 11 is 0. The van der Waals surface area contributed by atoms with Gasteiger partial charge in [0.05, 0.1) is 13.0 Å². The smallest absolute Gasteiger partial charge is 0.228 e. The molecule has 5 heteroatoms. The molecule has 0 saturated heterocycles. The number of rotatable bonds is 5. The summed E-state index contributed by atoms with van der Waals surface area (Å²) in [6.07, 6.45) is 0.203. The molecule has 3 N–H and O–H groups in total. The highest BCUT2D eigenvalue weighted by atomic mass is 19.1. The summed E-state index contributed by atoms with van der Waals surface area (Å²) in [4.78, 5) is 11.9. The Bertz CT molecular complexity index is 627. The van der Waals surface area contributed by atoms with Gasteiger partial charge in [-0.15, -0.1) is 0 Å². The Balaban J connectivity index is 1.99. The summed E-state index contributed by atoms with van der Waals surface area (Å²) in [6, 6.07) is 11.4. The normalized spacial score (nSPS) is 10.2. The van der Waals surface area contributed by atoms with Gasteiger partial charge in [0.1, 0.15) is 0 Å². The third kappa shape index (κ3) is 4.21. The van der Waals surface area contributed by atoms with Gasteiger partial charge in [-0.3, -0.25) is 4.79 Å². The van der Waals surface area contributed by atoms with Crippen molar-refractivity contribution in [3.63, 3.8) is 0 Å². The average molecular weight is 288 g/mol. The van der Waals surface area contributed by atoms with Gasteiger partial charge in [-0.25, -0.2) is 4.39 Å². The number of amides is 1. The van der Waals surface area contributed by atoms with Crippen molar-refractivity contribution in [2.24, 2.45) is 0 Å². The number of nitrogen functional groups attached to an aromatic ring is 1. The van der Waals surface area contributed by atoms with Gasteiger partial charge in [0, 0.05) is 17.4 Å². The van der Waals surface area contributed by atoms with Crippen molar-refractivity contribution >= 4 is 17.3 Å². The maximum atomic E-state index is 13.7. The predicted molar refractivity (Wildman–Crippen MR) is 80.8 cm³/mol. The molecular formula is C16H17FN2O2. The number of nitrogens with one attached hydrogen (secondary N) is 1. The van der Waals surface area contributed by atoms with Crippen LogP contribution in [0.3, 0.4) is 0 Å². The summed E-state index contributed by atoms with van der Waals surface area (Å²) in [6.45, 7) is 2.17. The Hall–Kier alpha value is -2.56. The fourth-order valence-corrected chi connectivity index (χ4v) is 1.88. The summed E-state index contributed by atoms with van der Waals surface area (Å²) < 4.78 is 18.8. The minimum Gasteiger partial charge on any atom is -0.491 e. The first-order valence-corrected chi connectivity index (χ1v) is 6.65. The van der Waals surface area contributed by atoms with Crippen LogP contribution in [0, 0.1) is 5.82 Å². The molecule has 2 aromatic carbocycles. The molecule has 110 valence electrons. The number of halogens is 1. The molecule has 0 unspecified atom stereocenters. The minimum atomic E-state index is -0.498. The molecule has 0 aliphatic rings. The van der Waals surface area contributed by atoms with Gasteiger partial charge in [0.15, 0.2) is 11.6 Å². The van der Waals surface area contributed by atoms with Crippen LogP contribution in [0.1, 0.15) is 12.5 Å². The van der Waals surface area contributed by atoms with Gasteiger partial charge in [0.2, 0.25) is 5.91 Å². The van der Waals surface area contributed by atoms with Crippen LogP contribution in [-0.4, -0.2) is 12.5 Å². The van der Waals surface area contributed by atoms with E-state index in [1.54, 1.807) is 37.3 Å². The van der Waals surface area contributed by atoms with Crippen LogP contribution in [0.5, 0.6) is 5.75 Å². The summed E-state index contributed by atoms with van der Waals surface area (Å²) in [5.74, 6) is -0.542. The van der Waals surface area contributed by atoms with Crippen LogP contribution in [-0.2, 0) is 11.2 Å². The number of carbonyl (C=O) groups is 1. The van der Waals surface area contributed by atoms with Crippen molar-refractivity contribution < 1.29 is 13.9 Å². The lowest BCUT2D eigenvalue weighted by Gasteiger charge is -2.08. The molecule has 0 aliphatic carbocycles. The first-order valence-electron chi connectivity index (χ1n) is 6.65. The van der Waals surface area contributed by atoms with E-state index in [0.29, 0.717) is 18.0 Å². The van der Waals surface area contributed by atoms with Crippen LogP contribution >= 0.6 is 0 Å². The topological polar surface area (TPSA) is 64.3 Å². The van der Waals surface area contributed by atoms with Gasteiger partial charge in [-0.2, -0.15) is 0 Å². The maximum Gasteiger partial charge on any atom is 0.228 e. The fourth-order valence-electron chi connectivity index (χ4n) is 1.88. The number of nitrogens with two attached hydrogens (primary N) is 1. The lowest BCUT2D eigenvalue weighted by molar-refractivity contribution is -0.115. The highest BCUT2D eigenvalue weighted by Crippen LogP contribution is 2.21. The third-order valence-corrected chi connectivity index (χ3v) is 2.86. The van der Waals surface area contributed by atoms with Crippen molar-refractivity contribution in [3.05, 3.63) is 53.8 Å². The standard InChI is InChI=1S/C16H17FN2O2/c1-2-21-15-8-7-13(10-14(15)17)19-16(20)9-11-3-5-12(18)6-4-11/h3-8,10H,2,9,18H2,1H3,(H,19,20). The fraction of sp³-hybridized carbons (Fsp3) is 0.188. The molecule has 21 heavy (non-hydrogen) atoms. The van der Waals surface area contributed by atoms with Gasteiger partial charge < -0.3 is 15.8 Å². The molecule has 2 rings (SSSR count). The second kappa shape index (κ2) is 6.74. The Labute approximate surface area is 122 Å². The molecule has 0 spiro atoms. The SMILES string of the molecule is CCOc1ccc(NC(=O)Cc2ccc(N)cc2)cc1F. The van der Waals surface area contributed by atoms with Crippen molar-refractivity contribution in [1.29, 1.82) is 0 Å². The Kier molecular flexibility index (Phi) is 4.77. The lowest BCUT2D eigenvalue weighted by Crippen LogP contribution is -2.14. The van der Waals surface area contributed by atoms with Crippen LogP contribution in [0.25, 0.3) is 0 Å². The van der Waals surface area contributed by atoms with Crippen LogP contribution in [0.4, 0.5) is 15.8 Å². The largest absolute Gasteiger partial charge is 0.491 e. The molecule has 0 atom stereocenters. The van der Waals surface area contributed by atoms with E-state index in [-0.39, 0.29) is 18.1 Å². The van der Waals surface area contributed by atoms with Gasteiger partial charge in [-0.05, 0) is 36.8 Å². The van der Waals surface area contributed by atoms with Crippen molar-refractivity contribution in [2.45, 2.75) is 13.3 Å². The van der Waals surface area contributed by atoms with E-state index >= 15 is 0 Å². The van der Waals surface area contributed by atoms with E-state index in [9.17, 15) is 9.18 Å². The predicted octanol–water partition coefficient (Wildman–Crippen LogP) is 2.99. The molecule has 1 amide bonds. The number of anilines is 2. The van der Waals surface area contributed by atoms with Crippen LogP contribution in [0.2, 0.25) is 0 Å². The highest BCUT2D eigenvalue weighted by Gasteiger charge is 2.08.